The van der Waals surface area contributed by atoms with E-state index in [0.29, 0.717) is 24.8 Å². The van der Waals surface area contributed by atoms with Crippen LogP contribution >= 0.6 is 0 Å². The van der Waals surface area contributed by atoms with E-state index in [-0.39, 0.29) is 5.97 Å². The molecule has 1 N–H and O–H groups in total. The molecule has 1 saturated carbocycles. The predicted molar refractivity (Wildman–Crippen MR) is 60.6 cm³/mol. The lowest BCUT2D eigenvalue weighted by molar-refractivity contribution is -0.138. The molecule has 0 aliphatic heterocycles. The molecule has 1 aliphatic carbocycles. The van der Waals surface area contributed by atoms with E-state index in [9.17, 15) is 4.79 Å². The van der Waals surface area contributed by atoms with E-state index in [1.807, 2.05) is 0 Å². The molecular weight excluding hydrogens is 190 g/mol. The average Bonchev–Trinajstić information content (AvgIpc) is 2.27. The van der Waals surface area contributed by atoms with Crippen LogP contribution in [0.4, 0.5) is 0 Å². The molecule has 0 aromatic carbocycles. The van der Waals surface area contributed by atoms with Crippen molar-refractivity contribution in [2.45, 2.75) is 45.1 Å². The summed E-state index contributed by atoms with van der Waals surface area (Å²) in [5, 5.41) is 3.36. The van der Waals surface area contributed by atoms with Gasteiger partial charge in [-0.15, -0.1) is 0 Å². The van der Waals surface area contributed by atoms with Crippen molar-refractivity contribution in [3.63, 3.8) is 0 Å². The van der Waals surface area contributed by atoms with E-state index in [1.165, 1.54) is 32.1 Å². The molecule has 1 rings (SSSR count). The maximum atomic E-state index is 11.3. The van der Waals surface area contributed by atoms with Gasteiger partial charge in [0.2, 0.25) is 0 Å². The Morgan fingerprint density at radius 2 is 2.07 bits per heavy atom. The SMILES string of the molecule is C=C(CNC1CCCCC1)C(=O)OCC. The van der Waals surface area contributed by atoms with Crippen LogP contribution in [0.3, 0.4) is 0 Å². The summed E-state index contributed by atoms with van der Waals surface area (Å²) in [5.41, 5.74) is 0.530. The highest BCUT2D eigenvalue weighted by molar-refractivity contribution is 5.88. The molecule has 0 spiro atoms. The molecule has 1 fully saturated rings. The van der Waals surface area contributed by atoms with E-state index < -0.39 is 0 Å². The zero-order valence-electron chi connectivity index (χ0n) is 9.55. The second kappa shape index (κ2) is 6.62. The van der Waals surface area contributed by atoms with Gasteiger partial charge >= 0.3 is 5.97 Å². The Morgan fingerprint density at radius 3 is 2.67 bits per heavy atom. The Balaban J connectivity index is 2.17. The summed E-state index contributed by atoms with van der Waals surface area (Å²) >= 11 is 0. The van der Waals surface area contributed by atoms with Crippen molar-refractivity contribution in [1.29, 1.82) is 0 Å². The number of carbonyl (C=O) groups is 1. The highest BCUT2D eigenvalue weighted by atomic mass is 16.5. The fraction of sp³-hybridized carbons (Fsp3) is 0.750. The molecule has 3 nitrogen and oxygen atoms in total. The maximum Gasteiger partial charge on any atom is 0.334 e. The number of esters is 1. The van der Waals surface area contributed by atoms with Crippen LogP contribution in [-0.2, 0) is 9.53 Å². The largest absolute Gasteiger partial charge is 0.463 e. The first-order valence-electron chi connectivity index (χ1n) is 5.82. The molecule has 0 aromatic heterocycles. The molecule has 0 unspecified atom stereocenters. The molecule has 1 aliphatic rings. The number of hydrogen-bond donors (Lipinski definition) is 1. The van der Waals surface area contributed by atoms with Gasteiger partial charge in [0.1, 0.15) is 0 Å². The topological polar surface area (TPSA) is 38.3 Å². The maximum absolute atomic E-state index is 11.3. The van der Waals surface area contributed by atoms with Gasteiger partial charge in [0.05, 0.1) is 6.61 Å². The van der Waals surface area contributed by atoms with Gasteiger partial charge in [0, 0.05) is 18.2 Å². The smallest absolute Gasteiger partial charge is 0.334 e. The van der Waals surface area contributed by atoms with Gasteiger partial charge in [-0.2, -0.15) is 0 Å². The first-order chi connectivity index (χ1) is 7.24. The highest BCUT2D eigenvalue weighted by Crippen LogP contribution is 2.17. The average molecular weight is 211 g/mol. The molecule has 3 heteroatoms. The second-order valence-electron chi connectivity index (χ2n) is 4.04. The number of rotatable bonds is 5. The minimum Gasteiger partial charge on any atom is -0.463 e. The first kappa shape index (κ1) is 12.2. The Kier molecular flexibility index (Phi) is 5.40. The normalized spacial score (nSPS) is 17.4. The van der Waals surface area contributed by atoms with Crippen molar-refractivity contribution >= 4 is 5.97 Å². The second-order valence-corrected chi connectivity index (χ2v) is 4.04. The van der Waals surface area contributed by atoms with Crippen LogP contribution < -0.4 is 5.32 Å². The van der Waals surface area contributed by atoms with E-state index in [1.54, 1.807) is 6.92 Å². The third kappa shape index (κ3) is 4.47. The van der Waals surface area contributed by atoms with Crippen LogP contribution in [0, 0.1) is 0 Å². The minimum atomic E-state index is -0.277. The lowest BCUT2D eigenvalue weighted by atomic mass is 9.95. The first-order valence-corrected chi connectivity index (χ1v) is 5.82. The van der Waals surface area contributed by atoms with Crippen molar-refractivity contribution in [2.24, 2.45) is 0 Å². The van der Waals surface area contributed by atoms with E-state index >= 15 is 0 Å². The quantitative estimate of drug-likeness (QED) is 0.558. The number of hydrogen-bond acceptors (Lipinski definition) is 3. The van der Waals surface area contributed by atoms with Crippen LogP contribution in [0.1, 0.15) is 39.0 Å². The van der Waals surface area contributed by atoms with Crippen molar-refractivity contribution in [2.75, 3.05) is 13.2 Å². The van der Waals surface area contributed by atoms with Gasteiger partial charge in [-0.25, -0.2) is 4.79 Å². The summed E-state index contributed by atoms with van der Waals surface area (Å²) < 4.78 is 4.87. The molecule has 0 amide bonds. The summed E-state index contributed by atoms with van der Waals surface area (Å²) in [6.07, 6.45) is 6.37. The van der Waals surface area contributed by atoms with Crippen molar-refractivity contribution in [3.8, 4) is 0 Å². The third-order valence-corrected chi connectivity index (χ3v) is 2.77. The van der Waals surface area contributed by atoms with Gasteiger partial charge in [0.15, 0.2) is 0 Å². The zero-order valence-corrected chi connectivity index (χ0v) is 9.55. The Hall–Kier alpha value is -0.830. The summed E-state index contributed by atoms with van der Waals surface area (Å²) in [5.74, 6) is -0.277. The lowest BCUT2D eigenvalue weighted by Gasteiger charge is -2.22. The Bertz CT molecular complexity index is 220. The minimum absolute atomic E-state index is 0.277. The number of nitrogens with one attached hydrogen (secondary N) is 1. The van der Waals surface area contributed by atoms with Gasteiger partial charge in [-0.05, 0) is 19.8 Å². The summed E-state index contributed by atoms with van der Waals surface area (Å²) in [4.78, 5) is 11.3. The molecular formula is C12H21NO2. The lowest BCUT2D eigenvalue weighted by Crippen LogP contribution is -2.33. The molecule has 86 valence electrons. The molecule has 0 atom stereocenters. The fourth-order valence-corrected chi connectivity index (χ4v) is 1.88. The monoisotopic (exact) mass is 211 g/mol. The van der Waals surface area contributed by atoms with Gasteiger partial charge < -0.3 is 10.1 Å². The van der Waals surface area contributed by atoms with Crippen LogP contribution in [-0.4, -0.2) is 25.2 Å². The Labute approximate surface area is 91.9 Å². The van der Waals surface area contributed by atoms with Crippen molar-refractivity contribution < 1.29 is 9.53 Å². The van der Waals surface area contributed by atoms with Gasteiger partial charge in [-0.3, -0.25) is 0 Å². The molecule has 15 heavy (non-hydrogen) atoms. The van der Waals surface area contributed by atoms with Crippen LogP contribution in [0.2, 0.25) is 0 Å². The zero-order chi connectivity index (χ0) is 11.1. The van der Waals surface area contributed by atoms with E-state index in [0.717, 1.165) is 0 Å². The predicted octanol–water partition coefficient (Wildman–Crippen LogP) is 2.03. The van der Waals surface area contributed by atoms with Crippen LogP contribution in [0.5, 0.6) is 0 Å². The van der Waals surface area contributed by atoms with Gasteiger partial charge in [0.25, 0.3) is 0 Å². The van der Waals surface area contributed by atoms with Crippen LogP contribution in [0.25, 0.3) is 0 Å². The number of ether oxygens (including phenoxy) is 1. The standard InChI is InChI=1S/C12H21NO2/c1-3-15-12(14)10(2)9-13-11-7-5-4-6-8-11/h11,13H,2-9H2,1H3. The van der Waals surface area contributed by atoms with Gasteiger partial charge in [-0.1, -0.05) is 25.8 Å². The molecule has 0 radical (unpaired) electrons. The summed E-state index contributed by atoms with van der Waals surface area (Å²) in [6, 6.07) is 0.560. The Morgan fingerprint density at radius 1 is 1.40 bits per heavy atom. The van der Waals surface area contributed by atoms with Crippen LogP contribution in [0.15, 0.2) is 12.2 Å². The highest BCUT2D eigenvalue weighted by Gasteiger charge is 2.14. The molecule has 0 heterocycles. The third-order valence-electron chi connectivity index (χ3n) is 2.77. The molecule has 0 bridgehead atoms. The summed E-state index contributed by atoms with van der Waals surface area (Å²) in [7, 11) is 0. The molecule has 0 aromatic rings. The molecule has 0 saturated heterocycles. The van der Waals surface area contributed by atoms with Crippen molar-refractivity contribution in [1.82, 2.24) is 5.32 Å². The van der Waals surface area contributed by atoms with E-state index in [2.05, 4.69) is 11.9 Å². The van der Waals surface area contributed by atoms with E-state index in [4.69, 9.17) is 4.74 Å². The fourth-order valence-electron chi connectivity index (χ4n) is 1.88. The summed E-state index contributed by atoms with van der Waals surface area (Å²) in [6.45, 7) is 6.50. The number of carbonyl (C=O) groups excluding carboxylic acids is 1. The van der Waals surface area contributed by atoms with Crippen molar-refractivity contribution in [3.05, 3.63) is 12.2 Å².